The molecule has 0 aliphatic heterocycles. The summed E-state index contributed by atoms with van der Waals surface area (Å²) in [6.07, 6.45) is 4.81. The average molecular weight is 381 g/mol. The van der Waals surface area contributed by atoms with Crippen molar-refractivity contribution in [3.8, 4) is 0 Å². The third kappa shape index (κ3) is 4.68. The molecule has 2 aromatic rings. The first-order valence-electron chi connectivity index (χ1n) is 8.92. The number of carbonyl (C=O) groups is 1. The zero-order valence-corrected chi connectivity index (χ0v) is 15.3. The topological polar surface area (TPSA) is 84.6 Å². The van der Waals surface area contributed by atoms with Crippen LogP contribution in [0.15, 0.2) is 65.3 Å². The molecule has 6 nitrogen and oxygen atoms in total. The SMILES string of the molecule is CC1=CCC(C(=O)NN=Cc2ccc([N+](=O)[O-])cc2)C(c2ccc(F)cc2)C1. The van der Waals surface area contributed by atoms with Gasteiger partial charge in [-0.2, -0.15) is 5.10 Å². The molecule has 0 spiro atoms. The van der Waals surface area contributed by atoms with Gasteiger partial charge in [0, 0.05) is 12.1 Å². The summed E-state index contributed by atoms with van der Waals surface area (Å²) in [4.78, 5) is 22.9. The maximum Gasteiger partial charge on any atom is 0.269 e. The molecule has 0 bridgehead atoms. The first-order valence-corrected chi connectivity index (χ1v) is 8.92. The number of hydrogen-bond donors (Lipinski definition) is 1. The van der Waals surface area contributed by atoms with Gasteiger partial charge in [-0.15, -0.1) is 0 Å². The highest BCUT2D eigenvalue weighted by atomic mass is 19.1. The van der Waals surface area contributed by atoms with Crippen molar-refractivity contribution in [2.75, 3.05) is 0 Å². The Morgan fingerprint density at radius 2 is 1.89 bits per heavy atom. The van der Waals surface area contributed by atoms with E-state index in [1.165, 1.54) is 36.1 Å². The maximum atomic E-state index is 13.2. The normalized spacial score (nSPS) is 19.3. The second-order valence-corrected chi connectivity index (χ2v) is 6.84. The molecule has 1 aliphatic carbocycles. The third-order valence-corrected chi connectivity index (χ3v) is 4.88. The van der Waals surface area contributed by atoms with E-state index in [0.29, 0.717) is 12.0 Å². The molecule has 28 heavy (non-hydrogen) atoms. The van der Waals surface area contributed by atoms with Crippen LogP contribution in [0.3, 0.4) is 0 Å². The monoisotopic (exact) mass is 381 g/mol. The van der Waals surface area contributed by atoms with Crippen molar-refractivity contribution in [3.05, 3.63) is 87.2 Å². The molecule has 144 valence electrons. The van der Waals surface area contributed by atoms with Crippen LogP contribution >= 0.6 is 0 Å². The number of carbonyl (C=O) groups excluding carboxylic acids is 1. The number of allylic oxidation sites excluding steroid dienone is 2. The van der Waals surface area contributed by atoms with Gasteiger partial charge in [0.15, 0.2) is 0 Å². The van der Waals surface area contributed by atoms with E-state index in [-0.39, 0.29) is 29.2 Å². The van der Waals surface area contributed by atoms with E-state index in [0.717, 1.165) is 12.0 Å². The average Bonchev–Trinajstić information content (AvgIpc) is 2.69. The minimum atomic E-state index is -0.475. The lowest BCUT2D eigenvalue weighted by molar-refractivity contribution is -0.384. The fourth-order valence-electron chi connectivity index (χ4n) is 3.35. The zero-order valence-electron chi connectivity index (χ0n) is 15.3. The van der Waals surface area contributed by atoms with E-state index in [9.17, 15) is 19.3 Å². The molecule has 0 fully saturated rings. The summed E-state index contributed by atoms with van der Waals surface area (Å²) in [5.41, 5.74) is 5.32. The minimum Gasteiger partial charge on any atom is -0.273 e. The summed E-state index contributed by atoms with van der Waals surface area (Å²) < 4.78 is 13.2. The Labute approximate surface area is 161 Å². The van der Waals surface area contributed by atoms with Gasteiger partial charge in [0.25, 0.3) is 5.69 Å². The van der Waals surface area contributed by atoms with E-state index >= 15 is 0 Å². The van der Waals surface area contributed by atoms with Crippen molar-refractivity contribution >= 4 is 17.8 Å². The molecule has 0 saturated heterocycles. The summed E-state index contributed by atoms with van der Waals surface area (Å²) in [6, 6.07) is 12.1. The Balaban J connectivity index is 1.69. The number of nitro benzene ring substituents is 1. The van der Waals surface area contributed by atoms with Gasteiger partial charge in [0.05, 0.1) is 17.1 Å². The number of benzene rings is 2. The van der Waals surface area contributed by atoms with Gasteiger partial charge >= 0.3 is 0 Å². The number of nitro groups is 1. The van der Waals surface area contributed by atoms with Gasteiger partial charge in [-0.05, 0) is 61.1 Å². The van der Waals surface area contributed by atoms with Crippen LogP contribution in [0.4, 0.5) is 10.1 Å². The van der Waals surface area contributed by atoms with Gasteiger partial charge in [0.1, 0.15) is 5.82 Å². The molecule has 2 aromatic carbocycles. The molecule has 7 heteroatoms. The minimum absolute atomic E-state index is 0.00677. The quantitative estimate of drug-likeness (QED) is 0.362. The van der Waals surface area contributed by atoms with Crippen LogP contribution in [0, 0.1) is 21.8 Å². The Morgan fingerprint density at radius 1 is 1.21 bits per heavy atom. The van der Waals surface area contributed by atoms with Crippen LogP contribution in [-0.2, 0) is 4.79 Å². The highest BCUT2D eigenvalue weighted by Crippen LogP contribution is 2.37. The molecule has 1 aliphatic rings. The van der Waals surface area contributed by atoms with Gasteiger partial charge in [-0.3, -0.25) is 14.9 Å². The highest BCUT2D eigenvalue weighted by molar-refractivity contribution is 5.84. The van der Waals surface area contributed by atoms with Gasteiger partial charge in [-0.1, -0.05) is 23.8 Å². The number of hydrazone groups is 1. The number of nitrogens with zero attached hydrogens (tertiary/aromatic N) is 2. The Hall–Kier alpha value is -3.35. The molecular weight excluding hydrogens is 361 g/mol. The van der Waals surface area contributed by atoms with Crippen molar-refractivity contribution in [2.45, 2.75) is 25.7 Å². The summed E-state index contributed by atoms with van der Waals surface area (Å²) in [7, 11) is 0. The van der Waals surface area contributed by atoms with Crippen molar-refractivity contribution in [1.29, 1.82) is 0 Å². The van der Waals surface area contributed by atoms with Crippen LogP contribution in [0.5, 0.6) is 0 Å². The zero-order chi connectivity index (χ0) is 20.1. The van der Waals surface area contributed by atoms with Gasteiger partial charge < -0.3 is 0 Å². The van der Waals surface area contributed by atoms with Gasteiger partial charge in [-0.25, -0.2) is 9.82 Å². The maximum absolute atomic E-state index is 13.2. The fourth-order valence-corrected chi connectivity index (χ4v) is 3.35. The molecular formula is C21H20FN3O3. The molecule has 1 amide bonds. The van der Waals surface area contributed by atoms with Crippen molar-refractivity contribution in [1.82, 2.24) is 5.43 Å². The standard InChI is InChI=1S/C21H20FN3O3/c1-14-2-11-19(20(12-14)16-5-7-17(22)8-6-16)21(26)24-23-13-15-3-9-18(10-4-15)25(27)28/h2-10,13,19-20H,11-12H2,1H3,(H,24,26). The van der Waals surface area contributed by atoms with E-state index in [4.69, 9.17) is 0 Å². The van der Waals surface area contributed by atoms with E-state index in [1.54, 1.807) is 24.3 Å². The molecule has 2 unspecified atom stereocenters. The molecule has 3 rings (SSSR count). The molecule has 0 radical (unpaired) electrons. The summed E-state index contributed by atoms with van der Waals surface area (Å²) in [5.74, 6) is -0.861. The van der Waals surface area contributed by atoms with E-state index < -0.39 is 4.92 Å². The molecule has 0 heterocycles. The van der Waals surface area contributed by atoms with E-state index in [2.05, 4.69) is 10.5 Å². The summed E-state index contributed by atoms with van der Waals surface area (Å²) >= 11 is 0. The largest absolute Gasteiger partial charge is 0.273 e. The lowest BCUT2D eigenvalue weighted by Gasteiger charge is -2.29. The number of amides is 1. The lowest BCUT2D eigenvalue weighted by atomic mass is 9.75. The third-order valence-electron chi connectivity index (χ3n) is 4.88. The van der Waals surface area contributed by atoms with Crippen molar-refractivity contribution in [2.24, 2.45) is 11.0 Å². The van der Waals surface area contributed by atoms with Crippen LogP contribution in [0.1, 0.15) is 36.8 Å². The molecule has 1 N–H and O–H groups in total. The number of rotatable bonds is 5. The molecule has 0 aromatic heterocycles. The van der Waals surface area contributed by atoms with Crippen LogP contribution in [-0.4, -0.2) is 17.0 Å². The fraction of sp³-hybridized carbons (Fsp3) is 0.238. The second kappa shape index (κ2) is 8.56. The summed E-state index contributed by atoms with van der Waals surface area (Å²) in [6.45, 7) is 2.03. The second-order valence-electron chi connectivity index (χ2n) is 6.84. The summed E-state index contributed by atoms with van der Waals surface area (Å²) in [5, 5.41) is 14.6. The number of hydrogen-bond acceptors (Lipinski definition) is 4. The Bertz CT molecular complexity index is 921. The number of non-ortho nitro benzene ring substituents is 1. The smallest absolute Gasteiger partial charge is 0.269 e. The number of halogens is 1. The van der Waals surface area contributed by atoms with Crippen LogP contribution in [0.2, 0.25) is 0 Å². The Kier molecular flexibility index (Phi) is 5.93. The predicted octanol–water partition coefficient (Wildman–Crippen LogP) is 4.32. The van der Waals surface area contributed by atoms with Crippen molar-refractivity contribution < 1.29 is 14.1 Å². The lowest BCUT2D eigenvalue weighted by Crippen LogP contribution is -2.33. The predicted molar refractivity (Wildman–Crippen MR) is 104 cm³/mol. The number of nitrogens with one attached hydrogen (secondary N) is 1. The first kappa shape index (κ1) is 19.4. The molecule has 2 atom stereocenters. The molecule has 0 saturated carbocycles. The van der Waals surface area contributed by atoms with Crippen molar-refractivity contribution in [3.63, 3.8) is 0 Å². The van der Waals surface area contributed by atoms with Crippen LogP contribution in [0.25, 0.3) is 0 Å². The van der Waals surface area contributed by atoms with Gasteiger partial charge in [0.2, 0.25) is 5.91 Å². The van der Waals surface area contributed by atoms with E-state index in [1.807, 2.05) is 13.0 Å². The highest BCUT2D eigenvalue weighted by Gasteiger charge is 2.31. The first-order chi connectivity index (χ1) is 13.4. The van der Waals surface area contributed by atoms with Crippen LogP contribution < -0.4 is 5.43 Å². The Morgan fingerprint density at radius 3 is 2.54 bits per heavy atom.